The van der Waals surface area contributed by atoms with Gasteiger partial charge in [-0.15, -0.1) is 0 Å². The standard InChI is InChI=1S/C20H20N2O4S/c1-22(12-6-9-18(23)25-2)20-21-16-11-10-14(13-17(16)27-20)19(24)26-15-7-4-3-5-8-15/h3-5,7-8,10-11,13H,6,9,12H2,1-2H3. The highest BCUT2D eigenvalue weighted by Crippen LogP contribution is 2.29. The first-order chi connectivity index (χ1) is 13.1. The van der Waals surface area contributed by atoms with Gasteiger partial charge in [0.15, 0.2) is 5.13 Å². The minimum Gasteiger partial charge on any atom is -0.469 e. The first-order valence-electron chi connectivity index (χ1n) is 8.52. The quantitative estimate of drug-likeness (QED) is 0.454. The zero-order chi connectivity index (χ0) is 19.2. The third kappa shape index (κ3) is 4.83. The number of esters is 2. The molecule has 0 amide bonds. The SMILES string of the molecule is COC(=O)CCCN(C)c1nc2ccc(C(=O)Oc3ccccc3)cc2s1. The van der Waals surface area contributed by atoms with Crippen LogP contribution in [0.5, 0.6) is 5.75 Å². The number of aromatic nitrogens is 1. The monoisotopic (exact) mass is 384 g/mol. The molecule has 27 heavy (non-hydrogen) atoms. The van der Waals surface area contributed by atoms with Crippen LogP contribution >= 0.6 is 11.3 Å². The van der Waals surface area contributed by atoms with Gasteiger partial charge in [-0.05, 0) is 36.8 Å². The van der Waals surface area contributed by atoms with Crippen LogP contribution in [0.1, 0.15) is 23.2 Å². The van der Waals surface area contributed by atoms with Crippen molar-refractivity contribution in [3.8, 4) is 5.75 Å². The van der Waals surface area contributed by atoms with E-state index in [-0.39, 0.29) is 5.97 Å². The van der Waals surface area contributed by atoms with E-state index in [1.807, 2.05) is 36.2 Å². The first kappa shape index (κ1) is 18.8. The largest absolute Gasteiger partial charge is 0.469 e. The molecule has 2 aromatic carbocycles. The van der Waals surface area contributed by atoms with E-state index in [1.165, 1.54) is 18.4 Å². The average Bonchev–Trinajstić information content (AvgIpc) is 3.12. The summed E-state index contributed by atoms with van der Waals surface area (Å²) >= 11 is 1.50. The zero-order valence-electron chi connectivity index (χ0n) is 15.2. The molecule has 6 nitrogen and oxygen atoms in total. The van der Waals surface area contributed by atoms with Gasteiger partial charge >= 0.3 is 11.9 Å². The maximum Gasteiger partial charge on any atom is 0.343 e. The van der Waals surface area contributed by atoms with Crippen LogP contribution in [-0.2, 0) is 9.53 Å². The van der Waals surface area contributed by atoms with Gasteiger partial charge in [0.25, 0.3) is 0 Å². The molecule has 0 aliphatic rings. The van der Waals surface area contributed by atoms with Crippen molar-refractivity contribution < 1.29 is 19.1 Å². The molecule has 0 radical (unpaired) electrons. The molecule has 0 saturated heterocycles. The van der Waals surface area contributed by atoms with Crippen molar-refractivity contribution in [1.82, 2.24) is 4.98 Å². The van der Waals surface area contributed by atoms with Gasteiger partial charge in [0.1, 0.15) is 5.75 Å². The number of carbonyl (C=O) groups is 2. The maximum atomic E-state index is 12.3. The minimum absolute atomic E-state index is 0.214. The molecule has 0 spiro atoms. The van der Waals surface area contributed by atoms with E-state index in [0.29, 0.717) is 30.7 Å². The van der Waals surface area contributed by atoms with Crippen molar-refractivity contribution >= 4 is 38.6 Å². The number of rotatable bonds is 7. The van der Waals surface area contributed by atoms with E-state index < -0.39 is 5.97 Å². The molecule has 140 valence electrons. The highest BCUT2D eigenvalue weighted by Gasteiger charge is 2.13. The summed E-state index contributed by atoms with van der Waals surface area (Å²) < 4.78 is 10.9. The molecule has 0 bridgehead atoms. The third-order valence-electron chi connectivity index (χ3n) is 4.00. The van der Waals surface area contributed by atoms with Crippen LogP contribution < -0.4 is 9.64 Å². The van der Waals surface area contributed by atoms with E-state index >= 15 is 0 Å². The Morgan fingerprint density at radius 2 is 1.93 bits per heavy atom. The fourth-order valence-electron chi connectivity index (χ4n) is 2.52. The van der Waals surface area contributed by atoms with E-state index in [4.69, 9.17) is 4.74 Å². The Bertz CT molecular complexity index is 940. The van der Waals surface area contributed by atoms with Crippen LogP contribution in [0.3, 0.4) is 0 Å². The van der Waals surface area contributed by atoms with Crippen LogP contribution in [0.2, 0.25) is 0 Å². The second-order valence-corrected chi connectivity index (χ2v) is 6.99. The summed E-state index contributed by atoms with van der Waals surface area (Å²) in [5.41, 5.74) is 1.31. The Hall–Kier alpha value is -2.93. The molecule has 0 fully saturated rings. The van der Waals surface area contributed by atoms with Crippen molar-refractivity contribution in [2.24, 2.45) is 0 Å². The molecule has 3 aromatic rings. The van der Waals surface area contributed by atoms with Gasteiger partial charge in [0.05, 0.1) is 22.9 Å². The molecule has 3 rings (SSSR count). The first-order valence-corrected chi connectivity index (χ1v) is 9.34. The summed E-state index contributed by atoms with van der Waals surface area (Å²) in [6, 6.07) is 14.3. The van der Waals surface area contributed by atoms with Gasteiger partial charge in [-0.1, -0.05) is 29.5 Å². The van der Waals surface area contributed by atoms with Crippen LogP contribution in [0, 0.1) is 0 Å². The lowest BCUT2D eigenvalue weighted by Crippen LogP contribution is -2.19. The van der Waals surface area contributed by atoms with E-state index in [1.54, 1.807) is 24.3 Å². The van der Waals surface area contributed by atoms with Crippen molar-refractivity contribution in [3.63, 3.8) is 0 Å². The maximum absolute atomic E-state index is 12.3. The summed E-state index contributed by atoms with van der Waals surface area (Å²) in [4.78, 5) is 30.1. The normalized spacial score (nSPS) is 10.6. The number of methoxy groups -OCH3 is 1. The number of fused-ring (bicyclic) bond motifs is 1. The van der Waals surface area contributed by atoms with Crippen molar-refractivity contribution in [1.29, 1.82) is 0 Å². The second kappa shape index (κ2) is 8.64. The number of nitrogens with zero attached hydrogens (tertiary/aromatic N) is 2. The lowest BCUT2D eigenvalue weighted by atomic mass is 10.2. The van der Waals surface area contributed by atoms with E-state index in [9.17, 15) is 9.59 Å². The smallest absolute Gasteiger partial charge is 0.343 e. The number of anilines is 1. The van der Waals surface area contributed by atoms with Gasteiger partial charge < -0.3 is 14.4 Å². The summed E-state index contributed by atoms with van der Waals surface area (Å²) in [6.45, 7) is 0.692. The molecule has 1 aromatic heterocycles. The molecule has 1 heterocycles. The Morgan fingerprint density at radius 1 is 1.15 bits per heavy atom. The van der Waals surface area contributed by atoms with Crippen LogP contribution in [-0.4, -0.2) is 37.6 Å². The summed E-state index contributed by atoms with van der Waals surface area (Å²) in [6.07, 6.45) is 1.06. The number of ether oxygens (including phenoxy) is 2. The number of para-hydroxylation sites is 1. The molecule has 0 saturated carbocycles. The Kier molecular flexibility index (Phi) is 6.03. The molecule has 7 heteroatoms. The average molecular weight is 384 g/mol. The lowest BCUT2D eigenvalue weighted by molar-refractivity contribution is -0.140. The number of thiazole rings is 1. The second-order valence-electron chi connectivity index (χ2n) is 5.98. The predicted octanol–water partition coefficient (Wildman–Crippen LogP) is 3.90. The highest BCUT2D eigenvalue weighted by molar-refractivity contribution is 7.22. The van der Waals surface area contributed by atoms with Crippen LogP contribution in [0.25, 0.3) is 10.2 Å². The summed E-state index contributed by atoms with van der Waals surface area (Å²) in [5, 5.41) is 0.837. The van der Waals surface area contributed by atoms with Gasteiger partial charge in [-0.25, -0.2) is 9.78 Å². The Labute approximate surface area is 161 Å². The molecule has 0 aliphatic carbocycles. The molecule has 0 aliphatic heterocycles. The van der Waals surface area contributed by atoms with Gasteiger partial charge in [-0.2, -0.15) is 0 Å². The minimum atomic E-state index is -0.399. The highest BCUT2D eigenvalue weighted by atomic mass is 32.1. The lowest BCUT2D eigenvalue weighted by Gasteiger charge is -2.14. The predicted molar refractivity (Wildman–Crippen MR) is 106 cm³/mol. The Morgan fingerprint density at radius 3 is 2.67 bits per heavy atom. The van der Waals surface area contributed by atoms with Crippen LogP contribution in [0.4, 0.5) is 5.13 Å². The zero-order valence-corrected chi connectivity index (χ0v) is 16.0. The third-order valence-corrected chi connectivity index (χ3v) is 5.13. The van der Waals surface area contributed by atoms with Crippen molar-refractivity contribution in [3.05, 3.63) is 54.1 Å². The number of benzene rings is 2. The number of carbonyl (C=O) groups excluding carboxylic acids is 2. The van der Waals surface area contributed by atoms with Crippen molar-refractivity contribution in [2.75, 3.05) is 25.6 Å². The molecular weight excluding hydrogens is 364 g/mol. The molecule has 0 atom stereocenters. The summed E-state index contributed by atoms with van der Waals surface area (Å²) in [7, 11) is 3.32. The fraction of sp³-hybridized carbons (Fsp3) is 0.250. The van der Waals surface area contributed by atoms with Gasteiger partial charge in [0.2, 0.25) is 0 Å². The topological polar surface area (TPSA) is 68.7 Å². The van der Waals surface area contributed by atoms with E-state index in [0.717, 1.165) is 15.3 Å². The molecular formula is C20H20N2O4S. The number of hydrogen-bond acceptors (Lipinski definition) is 7. The van der Waals surface area contributed by atoms with Crippen molar-refractivity contribution in [2.45, 2.75) is 12.8 Å². The number of hydrogen-bond donors (Lipinski definition) is 0. The van der Waals surface area contributed by atoms with Gasteiger partial charge in [0, 0.05) is 20.0 Å². The van der Waals surface area contributed by atoms with E-state index in [2.05, 4.69) is 9.72 Å². The molecule has 0 unspecified atom stereocenters. The summed E-state index contributed by atoms with van der Waals surface area (Å²) in [5.74, 6) is -0.100. The van der Waals surface area contributed by atoms with Gasteiger partial charge in [-0.3, -0.25) is 4.79 Å². The van der Waals surface area contributed by atoms with Crippen LogP contribution in [0.15, 0.2) is 48.5 Å². The molecule has 0 N–H and O–H groups in total. The Balaban J connectivity index is 1.69. The fourth-order valence-corrected chi connectivity index (χ4v) is 3.51.